The van der Waals surface area contributed by atoms with Crippen LogP contribution in [-0.2, 0) is 4.79 Å². The third-order valence-corrected chi connectivity index (χ3v) is 3.02. The molecule has 0 unspecified atom stereocenters. The van der Waals surface area contributed by atoms with Gasteiger partial charge in [-0.15, -0.1) is 0 Å². The summed E-state index contributed by atoms with van der Waals surface area (Å²) < 4.78 is 0. The lowest BCUT2D eigenvalue weighted by Crippen LogP contribution is -2.30. The summed E-state index contributed by atoms with van der Waals surface area (Å²) in [7, 11) is 0. The molecule has 17 heavy (non-hydrogen) atoms. The summed E-state index contributed by atoms with van der Waals surface area (Å²) in [5.41, 5.74) is 0. The first-order valence-electron chi connectivity index (χ1n) is 6.79. The number of unbranched alkanes of at least 4 members (excludes halogenated alkanes) is 1. The van der Waals surface area contributed by atoms with Gasteiger partial charge in [-0.3, -0.25) is 4.79 Å². The molecule has 0 radical (unpaired) electrons. The molecule has 0 aromatic heterocycles. The molecule has 0 aromatic carbocycles. The third kappa shape index (κ3) is 6.98. The molecular weight excluding hydrogens is 210 g/mol. The molecule has 0 bridgehead atoms. The van der Waals surface area contributed by atoms with Gasteiger partial charge in [0.05, 0.1) is 0 Å². The Morgan fingerprint density at radius 2 is 1.82 bits per heavy atom. The zero-order valence-corrected chi connectivity index (χ0v) is 11.2. The third-order valence-electron chi connectivity index (χ3n) is 3.02. The molecule has 0 saturated heterocycles. The van der Waals surface area contributed by atoms with Gasteiger partial charge in [0.2, 0.25) is 5.91 Å². The minimum absolute atomic E-state index is 0.201. The zero-order valence-electron chi connectivity index (χ0n) is 11.2. The average molecular weight is 235 g/mol. The van der Waals surface area contributed by atoms with E-state index < -0.39 is 0 Å². The monoisotopic (exact) mass is 235 g/mol. The van der Waals surface area contributed by atoms with Gasteiger partial charge in [-0.25, -0.2) is 0 Å². The van der Waals surface area contributed by atoms with Crippen molar-refractivity contribution in [2.45, 2.75) is 46.0 Å². The Morgan fingerprint density at radius 3 is 2.35 bits per heavy atom. The maximum Gasteiger partial charge on any atom is 0.219 e. The van der Waals surface area contributed by atoms with E-state index in [9.17, 15) is 4.79 Å². The summed E-state index contributed by atoms with van der Waals surface area (Å²) >= 11 is 0. The Hall–Kier alpha value is -1.05. The Bertz CT molecular complexity index is 277. The summed E-state index contributed by atoms with van der Waals surface area (Å²) in [5.74, 6) is 0.979. The van der Waals surface area contributed by atoms with Crippen LogP contribution in [0.1, 0.15) is 46.0 Å². The van der Waals surface area contributed by atoms with Gasteiger partial charge in [0.1, 0.15) is 0 Å². The predicted octanol–water partition coefficient (Wildman–Crippen LogP) is 3.55. The lowest BCUT2D eigenvalue weighted by Gasteiger charge is -2.18. The molecule has 0 aliphatic heterocycles. The van der Waals surface area contributed by atoms with Gasteiger partial charge in [-0.2, -0.15) is 0 Å². The number of nitrogens with zero attached hydrogens (tertiary/aromatic N) is 1. The first-order valence-corrected chi connectivity index (χ1v) is 6.79. The smallest absolute Gasteiger partial charge is 0.219 e. The molecule has 0 aromatic rings. The number of hydrogen-bond donors (Lipinski definition) is 0. The van der Waals surface area contributed by atoms with Crippen LogP contribution in [0.2, 0.25) is 0 Å². The van der Waals surface area contributed by atoms with Gasteiger partial charge in [0.15, 0.2) is 0 Å². The van der Waals surface area contributed by atoms with Crippen LogP contribution < -0.4 is 0 Å². The maximum atomic E-state index is 11.4. The lowest BCUT2D eigenvalue weighted by atomic mass is 10.2. The van der Waals surface area contributed by atoms with E-state index in [2.05, 4.69) is 31.2 Å². The minimum Gasteiger partial charge on any atom is -0.339 e. The van der Waals surface area contributed by atoms with Gasteiger partial charge >= 0.3 is 0 Å². The molecule has 1 aliphatic rings. The van der Waals surface area contributed by atoms with Crippen LogP contribution in [0, 0.1) is 5.92 Å². The van der Waals surface area contributed by atoms with Crippen molar-refractivity contribution in [2.75, 3.05) is 13.1 Å². The van der Waals surface area contributed by atoms with Gasteiger partial charge < -0.3 is 4.90 Å². The van der Waals surface area contributed by atoms with Crippen molar-refractivity contribution in [3.05, 3.63) is 24.3 Å². The number of carbonyl (C=O) groups excluding carboxylic acids is 1. The highest BCUT2D eigenvalue weighted by molar-refractivity contribution is 5.73. The van der Waals surface area contributed by atoms with E-state index in [-0.39, 0.29) is 5.91 Å². The largest absolute Gasteiger partial charge is 0.339 e. The Morgan fingerprint density at radius 1 is 1.18 bits per heavy atom. The first kappa shape index (κ1) is 14.0. The number of allylic oxidation sites excluding steroid dienone is 3. The summed E-state index contributed by atoms with van der Waals surface area (Å²) in [6, 6.07) is 0. The molecule has 1 fully saturated rings. The van der Waals surface area contributed by atoms with Crippen LogP contribution in [0.3, 0.4) is 0 Å². The Kier molecular flexibility index (Phi) is 6.68. The van der Waals surface area contributed by atoms with Crippen LogP contribution in [0.25, 0.3) is 0 Å². The van der Waals surface area contributed by atoms with E-state index in [1.54, 1.807) is 6.92 Å². The fourth-order valence-corrected chi connectivity index (χ4v) is 1.74. The zero-order chi connectivity index (χ0) is 12.5. The SMILES string of the molecule is CC/C=C\CC/C=C/CN(CC1CC1)C(C)=O. The Labute approximate surface area is 105 Å². The number of hydrogen-bond acceptors (Lipinski definition) is 1. The van der Waals surface area contributed by atoms with E-state index in [0.29, 0.717) is 0 Å². The van der Waals surface area contributed by atoms with Crippen molar-refractivity contribution >= 4 is 5.91 Å². The quantitative estimate of drug-likeness (QED) is 0.465. The van der Waals surface area contributed by atoms with Crippen molar-refractivity contribution in [3.8, 4) is 0 Å². The van der Waals surface area contributed by atoms with Crippen molar-refractivity contribution in [1.82, 2.24) is 4.90 Å². The highest BCUT2D eigenvalue weighted by Gasteiger charge is 2.24. The van der Waals surface area contributed by atoms with Crippen molar-refractivity contribution in [1.29, 1.82) is 0 Å². The molecule has 1 amide bonds. The molecule has 0 heterocycles. The summed E-state index contributed by atoms with van der Waals surface area (Å²) in [6.45, 7) is 5.55. The molecule has 0 atom stereocenters. The van der Waals surface area contributed by atoms with Crippen LogP contribution in [0.15, 0.2) is 24.3 Å². The second-order valence-corrected chi connectivity index (χ2v) is 4.80. The van der Waals surface area contributed by atoms with Gasteiger partial charge in [0.25, 0.3) is 0 Å². The molecule has 2 nitrogen and oxygen atoms in total. The predicted molar refractivity (Wildman–Crippen MR) is 72.8 cm³/mol. The number of rotatable bonds is 8. The molecule has 0 spiro atoms. The Balaban J connectivity index is 2.14. The van der Waals surface area contributed by atoms with E-state index in [4.69, 9.17) is 0 Å². The summed E-state index contributed by atoms with van der Waals surface area (Å²) in [5, 5.41) is 0. The van der Waals surface area contributed by atoms with Crippen molar-refractivity contribution in [3.63, 3.8) is 0 Å². The lowest BCUT2D eigenvalue weighted by molar-refractivity contribution is -0.128. The van der Waals surface area contributed by atoms with Crippen LogP contribution >= 0.6 is 0 Å². The normalized spacial score (nSPS) is 15.9. The first-order chi connectivity index (χ1) is 8.24. The van der Waals surface area contributed by atoms with Crippen LogP contribution in [0.5, 0.6) is 0 Å². The van der Waals surface area contributed by atoms with E-state index in [0.717, 1.165) is 38.3 Å². The average Bonchev–Trinajstić information content (AvgIpc) is 3.10. The second-order valence-electron chi connectivity index (χ2n) is 4.80. The summed E-state index contributed by atoms with van der Waals surface area (Å²) in [4.78, 5) is 13.3. The molecule has 1 rings (SSSR count). The van der Waals surface area contributed by atoms with Gasteiger partial charge in [-0.05, 0) is 38.0 Å². The second kappa shape index (κ2) is 8.10. The van der Waals surface area contributed by atoms with Crippen LogP contribution in [0.4, 0.5) is 0 Å². The highest BCUT2D eigenvalue weighted by Crippen LogP contribution is 2.29. The van der Waals surface area contributed by atoms with Crippen molar-refractivity contribution < 1.29 is 4.79 Å². The maximum absolute atomic E-state index is 11.4. The molecule has 0 N–H and O–H groups in total. The van der Waals surface area contributed by atoms with E-state index in [1.165, 1.54) is 12.8 Å². The standard InChI is InChI=1S/C15H25NO/c1-3-4-5-6-7-8-9-12-16(14(2)17)13-15-10-11-15/h4-5,8-9,15H,3,6-7,10-13H2,1-2H3/b5-4-,9-8+. The molecule has 2 heteroatoms. The molecular formula is C15H25NO. The molecule has 1 aliphatic carbocycles. The molecule has 1 saturated carbocycles. The minimum atomic E-state index is 0.201. The summed E-state index contributed by atoms with van der Waals surface area (Å²) in [6.07, 6.45) is 14.6. The highest BCUT2D eigenvalue weighted by atomic mass is 16.2. The molecule has 96 valence electrons. The van der Waals surface area contributed by atoms with Crippen LogP contribution in [-0.4, -0.2) is 23.9 Å². The fourth-order valence-electron chi connectivity index (χ4n) is 1.74. The van der Waals surface area contributed by atoms with Crippen molar-refractivity contribution in [2.24, 2.45) is 5.92 Å². The van der Waals surface area contributed by atoms with E-state index in [1.807, 2.05) is 4.90 Å². The fraction of sp³-hybridized carbons (Fsp3) is 0.667. The topological polar surface area (TPSA) is 20.3 Å². The van der Waals surface area contributed by atoms with Gasteiger partial charge in [0, 0.05) is 20.0 Å². The van der Waals surface area contributed by atoms with Gasteiger partial charge in [-0.1, -0.05) is 31.2 Å². The number of carbonyl (C=O) groups is 1. The van der Waals surface area contributed by atoms with E-state index >= 15 is 0 Å². The number of amides is 1.